The monoisotopic (exact) mass is 288 g/mol. The van der Waals surface area contributed by atoms with Gasteiger partial charge in [-0.1, -0.05) is 55.5 Å². The molecule has 1 N–H and O–H groups in total. The molecule has 0 spiro atoms. The Kier molecular flexibility index (Phi) is 5.48. The highest BCUT2D eigenvalue weighted by atomic mass is 19.1. The minimum atomic E-state index is -1.04. The summed E-state index contributed by atoms with van der Waals surface area (Å²) in [5, 5.41) is 10.6. The summed E-state index contributed by atoms with van der Waals surface area (Å²) in [6.45, 7) is 2.51. The van der Waals surface area contributed by atoms with Gasteiger partial charge in [0.05, 0.1) is 18.8 Å². The molecule has 112 valence electrons. The Morgan fingerprint density at radius 3 is 2.38 bits per heavy atom. The highest BCUT2D eigenvalue weighted by molar-refractivity contribution is 5.19. The van der Waals surface area contributed by atoms with Crippen molar-refractivity contribution >= 4 is 0 Å². The molecule has 0 aliphatic heterocycles. The number of ether oxygens (including phenoxy) is 1. The largest absolute Gasteiger partial charge is 0.387 e. The molecule has 0 radical (unpaired) electrons. The maximum absolute atomic E-state index is 13.7. The van der Waals surface area contributed by atoms with Gasteiger partial charge in [0.15, 0.2) is 0 Å². The third-order valence-corrected chi connectivity index (χ3v) is 3.62. The molecule has 1 atom stereocenters. The van der Waals surface area contributed by atoms with Gasteiger partial charge in [-0.15, -0.1) is 0 Å². The van der Waals surface area contributed by atoms with E-state index in [-0.39, 0.29) is 18.8 Å². The third kappa shape index (κ3) is 4.66. The van der Waals surface area contributed by atoms with Crippen LogP contribution in [0.4, 0.5) is 4.39 Å². The van der Waals surface area contributed by atoms with Crippen molar-refractivity contribution < 1.29 is 14.2 Å². The standard InChI is InChI=1S/C18H21FO2/c1-2-18(20,12-16-10-6-7-11-17(16)19)14-21-13-15-8-4-3-5-9-15/h3-11,20H,2,12-14H2,1H3. The van der Waals surface area contributed by atoms with E-state index in [4.69, 9.17) is 4.74 Å². The molecule has 2 aromatic rings. The first-order valence-electron chi connectivity index (χ1n) is 7.20. The smallest absolute Gasteiger partial charge is 0.126 e. The predicted molar refractivity (Wildman–Crippen MR) is 81.4 cm³/mol. The number of rotatable bonds is 7. The number of halogens is 1. The van der Waals surface area contributed by atoms with E-state index in [1.54, 1.807) is 18.2 Å². The molecular formula is C18H21FO2. The van der Waals surface area contributed by atoms with Crippen molar-refractivity contribution in [2.24, 2.45) is 0 Å². The number of benzene rings is 2. The van der Waals surface area contributed by atoms with Crippen molar-refractivity contribution in [3.05, 3.63) is 71.5 Å². The van der Waals surface area contributed by atoms with E-state index in [1.807, 2.05) is 37.3 Å². The Labute approximate surface area is 125 Å². The zero-order valence-corrected chi connectivity index (χ0v) is 12.3. The van der Waals surface area contributed by atoms with E-state index < -0.39 is 5.60 Å². The maximum atomic E-state index is 13.7. The van der Waals surface area contributed by atoms with Gasteiger partial charge in [-0.25, -0.2) is 4.39 Å². The second kappa shape index (κ2) is 7.34. The average molecular weight is 288 g/mol. The lowest BCUT2D eigenvalue weighted by atomic mass is 9.92. The summed E-state index contributed by atoms with van der Waals surface area (Å²) in [5.74, 6) is -0.285. The van der Waals surface area contributed by atoms with Gasteiger partial charge in [0.1, 0.15) is 5.82 Å². The predicted octanol–water partition coefficient (Wildman–Crippen LogP) is 3.73. The quantitative estimate of drug-likeness (QED) is 0.841. The van der Waals surface area contributed by atoms with Gasteiger partial charge in [0.25, 0.3) is 0 Å². The van der Waals surface area contributed by atoms with E-state index in [0.29, 0.717) is 18.6 Å². The van der Waals surface area contributed by atoms with Gasteiger partial charge in [0.2, 0.25) is 0 Å². The molecule has 0 bridgehead atoms. The van der Waals surface area contributed by atoms with Crippen molar-refractivity contribution in [3.63, 3.8) is 0 Å². The van der Waals surface area contributed by atoms with Crippen LogP contribution >= 0.6 is 0 Å². The zero-order valence-electron chi connectivity index (χ0n) is 12.3. The lowest BCUT2D eigenvalue weighted by molar-refractivity contribution is -0.0540. The molecule has 0 saturated heterocycles. The molecular weight excluding hydrogens is 267 g/mol. The molecule has 0 aliphatic rings. The summed E-state index contributed by atoms with van der Waals surface area (Å²) in [6.07, 6.45) is 0.765. The summed E-state index contributed by atoms with van der Waals surface area (Å²) in [6, 6.07) is 16.3. The van der Waals surface area contributed by atoms with Crippen LogP contribution in [-0.4, -0.2) is 17.3 Å². The lowest BCUT2D eigenvalue weighted by Gasteiger charge is -2.27. The van der Waals surface area contributed by atoms with E-state index in [0.717, 1.165) is 5.56 Å². The minimum absolute atomic E-state index is 0.187. The Hall–Kier alpha value is -1.71. The Morgan fingerprint density at radius 1 is 1.05 bits per heavy atom. The first-order valence-corrected chi connectivity index (χ1v) is 7.20. The van der Waals surface area contributed by atoms with Crippen LogP contribution in [0.3, 0.4) is 0 Å². The SMILES string of the molecule is CCC(O)(COCc1ccccc1)Cc1ccccc1F. The summed E-state index contributed by atoms with van der Waals surface area (Å²) in [4.78, 5) is 0. The number of hydrogen-bond acceptors (Lipinski definition) is 2. The Bertz CT molecular complexity index is 556. The summed E-state index contributed by atoms with van der Waals surface area (Å²) >= 11 is 0. The van der Waals surface area contributed by atoms with Gasteiger partial charge in [-0.2, -0.15) is 0 Å². The summed E-state index contributed by atoms with van der Waals surface area (Å²) < 4.78 is 19.3. The summed E-state index contributed by atoms with van der Waals surface area (Å²) in [5.41, 5.74) is 0.531. The zero-order chi connectivity index (χ0) is 15.1. The van der Waals surface area contributed by atoms with Crippen LogP contribution < -0.4 is 0 Å². The third-order valence-electron chi connectivity index (χ3n) is 3.62. The van der Waals surface area contributed by atoms with Crippen molar-refractivity contribution in [1.82, 2.24) is 0 Å². The van der Waals surface area contributed by atoms with Crippen molar-refractivity contribution in [3.8, 4) is 0 Å². The molecule has 2 aromatic carbocycles. The van der Waals surface area contributed by atoms with Gasteiger partial charge in [-0.05, 0) is 23.6 Å². The van der Waals surface area contributed by atoms with Crippen LogP contribution in [0.2, 0.25) is 0 Å². The van der Waals surface area contributed by atoms with Gasteiger partial charge in [0, 0.05) is 6.42 Å². The van der Waals surface area contributed by atoms with Gasteiger partial charge >= 0.3 is 0 Å². The van der Waals surface area contributed by atoms with Crippen LogP contribution in [0.15, 0.2) is 54.6 Å². The molecule has 1 unspecified atom stereocenters. The highest BCUT2D eigenvalue weighted by Crippen LogP contribution is 2.20. The molecule has 21 heavy (non-hydrogen) atoms. The fourth-order valence-corrected chi connectivity index (χ4v) is 2.21. The molecule has 0 fully saturated rings. The highest BCUT2D eigenvalue weighted by Gasteiger charge is 2.26. The van der Waals surface area contributed by atoms with E-state index >= 15 is 0 Å². The molecule has 3 heteroatoms. The first kappa shape index (κ1) is 15.7. The fraction of sp³-hybridized carbons (Fsp3) is 0.333. The van der Waals surface area contributed by atoms with Crippen LogP contribution in [0, 0.1) is 5.82 Å². The van der Waals surface area contributed by atoms with Gasteiger partial charge < -0.3 is 9.84 Å². The Morgan fingerprint density at radius 2 is 1.71 bits per heavy atom. The van der Waals surface area contributed by atoms with E-state index in [1.165, 1.54) is 6.07 Å². The van der Waals surface area contributed by atoms with Crippen LogP contribution in [0.25, 0.3) is 0 Å². The normalized spacial score (nSPS) is 13.9. The molecule has 0 amide bonds. The summed E-state index contributed by atoms with van der Waals surface area (Å²) in [7, 11) is 0. The molecule has 2 rings (SSSR count). The topological polar surface area (TPSA) is 29.5 Å². The minimum Gasteiger partial charge on any atom is -0.387 e. The average Bonchev–Trinajstić information content (AvgIpc) is 2.51. The van der Waals surface area contributed by atoms with E-state index in [9.17, 15) is 9.50 Å². The van der Waals surface area contributed by atoms with Crippen LogP contribution in [0.5, 0.6) is 0 Å². The first-order chi connectivity index (χ1) is 10.1. The molecule has 2 nitrogen and oxygen atoms in total. The second-order valence-electron chi connectivity index (χ2n) is 5.32. The van der Waals surface area contributed by atoms with Crippen LogP contribution in [-0.2, 0) is 17.8 Å². The maximum Gasteiger partial charge on any atom is 0.126 e. The molecule has 0 aromatic heterocycles. The molecule has 0 saturated carbocycles. The van der Waals surface area contributed by atoms with Crippen molar-refractivity contribution in [2.45, 2.75) is 32.0 Å². The number of hydrogen-bond donors (Lipinski definition) is 1. The second-order valence-corrected chi connectivity index (χ2v) is 5.32. The molecule has 0 heterocycles. The number of aliphatic hydroxyl groups is 1. The lowest BCUT2D eigenvalue weighted by Crippen LogP contribution is -2.36. The molecule has 0 aliphatic carbocycles. The van der Waals surface area contributed by atoms with Crippen molar-refractivity contribution in [1.29, 1.82) is 0 Å². The van der Waals surface area contributed by atoms with Crippen molar-refractivity contribution in [2.75, 3.05) is 6.61 Å². The Balaban J connectivity index is 1.93. The van der Waals surface area contributed by atoms with Crippen LogP contribution in [0.1, 0.15) is 24.5 Å². The van der Waals surface area contributed by atoms with E-state index in [2.05, 4.69) is 0 Å². The van der Waals surface area contributed by atoms with Gasteiger partial charge in [-0.3, -0.25) is 0 Å². The fourth-order valence-electron chi connectivity index (χ4n) is 2.21.